The first-order valence-corrected chi connectivity index (χ1v) is 10.4. The molecule has 0 saturated carbocycles. The molecule has 2 aromatic heterocycles. The molecule has 7 nitrogen and oxygen atoms in total. The molecule has 0 aliphatic rings. The average Bonchev–Trinajstić information content (AvgIpc) is 3.15. The minimum Gasteiger partial charge on any atom is -0.493 e. The molecular weight excluding hydrogens is 402 g/mol. The number of thiazole rings is 1. The summed E-state index contributed by atoms with van der Waals surface area (Å²) in [4.78, 5) is 22.5. The first kappa shape index (κ1) is 21.6. The van der Waals surface area contributed by atoms with Crippen molar-refractivity contribution >= 4 is 22.9 Å². The standard InChI is InChI=1S/C22H25N3O4S/c1-6-7-15-10-14(8-9-23-15)22-24-13(2)20(30-22)21(26)25-16-11-17(27-3)19(29-5)18(12-16)28-4/h8-12H,6-7H2,1-5H3,(H,25,26). The van der Waals surface area contributed by atoms with Crippen LogP contribution in [-0.4, -0.2) is 37.2 Å². The number of anilines is 1. The third-order valence-corrected chi connectivity index (χ3v) is 5.70. The lowest BCUT2D eigenvalue weighted by Gasteiger charge is -2.14. The summed E-state index contributed by atoms with van der Waals surface area (Å²) in [7, 11) is 4.60. The van der Waals surface area contributed by atoms with E-state index in [1.165, 1.54) is 32.7 Å². The van der Waals surface area contributed by atoms with Crippen molar-refractivity contribution in [2.75, 3.05) is 26.6 Å². The summed E-state index contributed by atoms with van der Waals surface area (Å²) < 4.78 is 16.0. The maximum absolute atomic E-state index is 12.9. The van der Waals surface area contributed by atoms with Crippen LogP contribution in [0.15, 0.2) is 30.5 Å². The number of aromatic nitrogens is 2. The number of rotatable bonds is 8. The molecule has 0 atom stereocenters. The maximum atomic E-state index is 12.9. The summed E-state index contributed by atoms with van der Waals surface area (Å²) in [6.07, 6.45) is 3.72. The van der Waals surface area contributed by atoms with Crippen LogP contribution in [0, 0.1) is 6.92 Å². The van der Waals surface area contributed by atoms with E-state index in [2.05, 4.69) is 22.2 Å². The van der Waals surface area contributed by atoms with Crippen LogP contribution in [0.3, 0.4) is 0 Å². The number of methoxy groups -OCH3 is 3. The molecule has 0 spiro atoms. The fraction of sp³-hybridized carbons (Fsp3) is 0.318. The second-order valence-electron chi connectivity index (χ2n) is 6.59. The van der Waals surface area contributed by atoms with Gasteiger partial charge in [0.05, 0.1) is 27.0 Å². The number of benzene rings is 1. The molecule has 1 aromatic carbocycles. The second kappa shape index (κ2) is 9.58. The number of hydrogen-bond acceptors (Lipinski definition) is 7. The Kier molecular flexibility index (Phi) is 6.89. The molecule has 1 N–H and O–H groups in total. The Morgan fingerprint density at radius 1 is 1.10 bits per heavy atom. The minimum absolute atomic E-state index is 0.242. The quantitative estimate of drug-likeness (QED) is 0.559. The molecule has 158 valence electrons. The first-order chi connectivity index (χ1) is 14.5. The van der Waals surface area contributed by atoms with Crippen LogP contribution < -0.4 is 19.5 Å². The lowest BCUT2D eigenvalue weighted by Crippen LogP contribution is -2.12. The van der Waals surface area contributed by atoms with Crippen LogP contribution in [0.1, 0.15) is 34.4 Å². The maximum Gasteiger partial charge on any atom is 0.267 e. The van der Waals surface area contributed by atoms with E-state index in [1.54, 1.807) is 18.3 Å². The second-order valence-corrected chi connectivity index (χ2v) is 7.59. The number of aryl methyl sites for hydroxylation is 2. The van der Waals surface area contributed by atoms with Crippen LogP contribution in [0.2, 0.25) is 0 Å². The Morgan fingerprint density at radius 2 is 1.80 bits per heavy atom. The van der Waals surface area contributed by atoms with E-state index in [0.29, 0.717) is 33.5 Å². The van der Waals surface area contributed by atoms with Gasteiger partial charge in [-0.2, -0.15) is 0 Å². The number of nitrogens with one attached hydrogen (secondary N) is 1. The van der Waals surface area contributed by atoms with Gasteiger partial charge in [0.1, 0.15) is 9.88 Å². The van der Waals surface area contributed by atoms with Gasteiger partial charge >= 0.3 is 0 Å². The fourth-order valence-corrected chi connectivity index (χ4v) is 4.03. The first-order valence-electron chi connectivity index (χ1n) is 9.54. The zero-order valence-electron chi connectivity index (χ0n) is 17.7. The molecule has 0 radical (unpaired) electrons. The molecule has 0 aliphatic heterocycles. The van der Waals surface area contributed by atoms with Crippen molar-refractivity contribution in [2.24, 2.45) is 0 Å². The van der Waals surface area contributed by atoms with Crippen LogP contribution in [-0.2, 0) is 6.42 Å². The van der Waals surface area contributed by atoms with E-state index in [1.807, 2.05) is 19.1 Å². The lowest BCUT2D eigenvalue weighted by atomic mass is 10.2. The van der Waals surface area contributed by atoms with Crippen LogP contribution >= 0.6 is 11.3 Å². The number of hydrogen-bond donors (Lipinski definition) is 1. The molecule has 8 heteroatoms. The zero-order valence-corrected chi connectivity index (χ0v) is 18.6. The molecule has 1 amide bonds. The molecule has 30 heavy (non-hydrogen) atoms. The summed E-state index contributed by atoms with van der Waals surface area (Å²) in [5.74, 6) is 1.16. The Morgan fingerprint density at radius 3 is 2.40 bits per heavy atom. The summed E-state index contributed by atoms with van der Waals surface area (Å²) in [5, 5.41) is 3.69. The van der Waals surface area contributed by atoms with Gasteiger partial charge in [-0.15, -0.1) is 11.3 Å². The van der Waals surface area contributed by atoms with E-state index >= 15 is 0 Å². The third-order valence-electron chi connectivity index (χ3n) is 4.50. The van der Waals surface area contributed by atoms with Crippen molar-refractivity contribution in [1.82, 2.24) is 9.97 Å². The van der Waals surface area contributed by atoms with Crippen molar-refractivity contribution in [3.63, 3.8) is 0 Å². The van der Waals surface area contributed by atoms with Crippen LogP contribution in [0.5, 0.6) is 17.2 Å². The van der Waals surface area contributed by atoms with E-state index < -0.39 is 0 Å². The Labute approximate surface area is 180 Å². The number of ether oxygens (including phenoxy) is 3. The van der Waals surface area contributed by atoms with E-state index in [9.17, 15) is 4.79 Å². The van der Waals surface area contributed by atoms with Crippen molar-refractivity contribution in [3.05, 3.63) is 46.7 Å². The topological polar surface area (TPSA) is 82.6 Å². The number of nitrogens with zero attached hydrogens (tertiary/aromatic N) is 2. The van der Waals surface area contributed by atoms with E-state index in [-0.39, 0.29) is 5.91 Å². The highest BCUT2D eigenvalue weighted by atomic mass is 32.1. The minimum atomic E-state index is -0.242. The summed E-state index contributed by atoms with van der Waals surface area (Å²) in [6.45, 7) is 3.95. The highest BCUT2D eigenvalue weighted by Gasteiger charge is 2.19. The molecule has 3 aromatic rings. The van der Waals surface area contributed by atoms with Crippen molar-refractivity contribution in [1.29, 1.82) is 0 Å². The van der Waals surface area contributed by atoms with Gasteiger partial charge in [0.15, 0.2) is 11.5 Å². The predicted molar refractivity (Wildman–Crippen MR) is 118 cm³/mol. The van der Waals surface area contributed by atoms with Gasteiger partial charge in [-0.1, -0.05) is 13.3 Å². The van der Waals surface area contributed by atoms with Gasteiger partial charge in [0, 0.05) is 35.3 Å². The Balaban J connectivity index is 1.87. The summed E-state index contributed by atoms with van der Waals surface area (Å²) in [5.41, 5.74) is 3.20. The van der Waals surface area contributed by atoms with Crippen LogP contribution in [0.25, 0.3) is 10.6 Å². The number of carbonyl (C=O) groups is 1. The molecule has 0 unspecified atom stereocenters. The van der Waals surface area contributed by atoms with E-state index in [4.69, 9.17) is 14.2 Å². The highest BCUT2D eigenvalue weighted by Crippen LogP contribution is 2.40. The van der Waals surface area contributed by atoms with Crippen molar-refractivity contribution in [2.45, 2.75) is 26.7 Å². The molecule has 2 heterocycles. The van der Waals surface area contributed by atoms with Crippen LogP contribution in [0.4, 0.5) is 5.69 Å². The molecule has 0 bridgehead atoms. The lowest BCUT2D eigenvalue weighted by molar-refractivity contribution is 0.103. The van der Waals surface area contributed by atoms with Gasteiger partial charge in [-0.25, -0.2) is 4.98 Å². The molecule has 0 aliphatic carbocycles. The van der Waals surface area contributed by atoms with Crippen molar-refractivity contribution in [3.8, 4) is 27.8 Å². The molecule has 0 fully saturated rings. The molecule has 0 saturated heterocycles. The third kappa shape index (κ3) is 4.54. The average molecular weight is 428 g/mol. The summed E-state index contributed by atoms with van der Waals surface area (Å²) >= 11 is 1.36. The molecule has 3 rings (SSSR count). The number of carbonyl (C=O) groups excluding carboxylic acids is 1. The highest BCUT2D eigenvalue weighted by molar-refractivity contribution is 7.17. The zero-order chi connectivity index (χ0) is 21.7. The smallest absolute Gasteiger partial charge is 0.267 e. The van der Waals surface area contributed by atoms with Gasteiger partial charge in [0.2, 0.25) is 5.75 Å². The largest absolute Gasteiger partial charge is 0.493 e. The van der Waals surface area contributed by atoms with Gasteiger partial charge < -0.3 is 19.5 Å². The van der Waals surface area contributed by atoms with Gasteiger partial charge in [-0.3, -0.25) is 9.78 Å². The number of pyridine rings is 1. The van der Waals surface area contributed by atoms with Crippen molar-refractivity contribution < 1.29 is 19.0 Å². The monoisotopic (exact) mass is 427 g/mol. The van der Waals surface area contributed by atoms with E-state index in [0.717, 1.165) is 29.1 Å². The Bertz CT molecular complexity index is 1020. The predicted octanol–water partition coefficient (Wildman–Crippen LogP) is 4.74. The fourth-order valence-electron chi connectivity index (χ4n) is 3.08. The summed E-state index contributed by atoms with van der Waals surface area (Å²) in [6, 6.07) is 7.33. The number of amides is 1. The normalized spacial score (nSPS) is 10.6. The van der Waals surface area contributed by atoms with Gasteiger partial charge in [-0.05, 0) is 25.5 Å². The SMILES string of the molecule is CCCc1cc(-c2nc(C)c(C(=O)Nc3cc(OC)c(OC)c(OC)c3)s2)ccn1. The molecular formula is C22H25N3O4S. The Hall–Kier alpha value is -3.13. The van der Waals surface area contributed by atoms with Gasteiger partial charge in [0.25, 0.3) is 5.91 Å².